The van der Waals surface area contributed by atoms with E-state index in [-0.39, 0.29) is 5.39 Å². The van der Waals surface area contributed by atoms with E-state index in [0.29, 0.717) is 0 Å². The van der Waals surface area contributed by atoms with Crippen LogP contribution in [0, 0.1) is 0 Å². The Morgan fingerprint density at radius 2 is 0.955 bits per heavy atom. The zero-order chi connectivity index (χ0) is 49.1. The smallest absolute Gasteiger partial charge is 0.164 e. The van der Waals surface area contributed by atoms with E-state index < -0.39 is 223 Å². The number of hydrogen-bond donors (Lipinski definition) is 0. The molecule has 0 aliphatic heterocycles. The molecule has 0 bridgehead atoms. The van der Waals surface area contributed by atoms with Gasteiger partial charge in [-0.1, -0.05) is 96.7 Å². The summed E-state index contributed by atoms with van der Waals surface area (Å²) in [5.41, 5.74) is -5.56. The van der Waals surface area contributed by atoms with Crippen LogP contribution in [0.1, 0.15) is 31.5 Å². The van der Waals surface area contributed by atoms with Crippen molar-refractivity contribution in [1.29, 1.82) is 0 Å². The highest BCUT2D eigenvalue weighted by Crippen LogP contribution is 2.37. The highest BCUT2D eigenvalue weighted by Gasteiger charge is 2.18. The maximum Gasteiger partial charge on any atom is 0.164 e. The van der Waals surface area contributed by atoms with Gasteiger partial charge in [-0.25, -0.2) is 15.0 Å². The summed E-state index contributed by atoms with van der Waals surface area (Å²) in [6, 6.07) is -18.8. The van der Waals surface area contributed by atoms with Gasteiger partial charge in [-0.15, -0.1) is 0 Å². The van der Waals surface area contributed by atoms with Crippen molar-refractivity contribution in [3.8, 4) is 45.3 Å². The number of para-hydroxylation sites is 2. The molecule has 0 unspecified atom stereocenters. The molecular weight excluding hydrogens is 542 g/mol. The van der Waals surface area contributed by atoms with Crippen molar-refractivity contribution in [3.05, 3.63) is 139 Å². The summed E-state index contributed by atoms with van der Waals surface area (Å²) in [6.45, 7) is 0. The van der Waals surface area contributed by atoms with Gasteiger partial charge in [-0.3, -0.25) is 0 Å². The van der Waals surface area contributed by atoms with Crippen molar-refractivity contribution in [2.24, 2.45) is 0 Å². The largest absolute Gasteiger partial charge is 0.456 e. The third kappa shape index (κ3) is 3.98. The van der Waals surface area contributed by atoms with Gasteiger partial charge in [-0.2, -0.15) is 0 Å². The Hall–Kier alpha value is -6.07. The second-order valence-corrected chi connectivity index (χ2v) is 9.08. The molecule has 0 amide bonds. The first-order valence-corrected chi connectivity index (χ1v) is 12.7. The third-order valence-electron chi connectivity index (χ3n) is 6.51. The molecule has 206 valence electrons. The number of aromatic nitrogens is 3. The van der Waals surface area contributed by atoms with Gasteiger partial charge in [0.1, 0.15) is 22.3 Å². The molecule has 0 aliphatic rings. The lowest BCUT2D eigenvalue weighted by Gasteiger charge is -2.10. The molecule has 0 saturated heterocycles. The van der Waals surface area contributed by atoms with Crippen LogP contribution in [0.5, 0.6) is 0 Å². The molecule has 0 atom stereocenters. The summed E-state index contributed by atoms with van der Waals surface area (Å²) in [5.74, 6) is -2.41. The first-order valence-electron chi connectivity index (χ1n) is 24.2. The Labute approximate surface area is 284 Å². The van der Waals surface area contributed by atoms with Gasteiger partial charge in [-0.05, 0) is 53.4 Å². The maximum absolute atomic E-state index is 9.44. The van der Waals surface area contributed by atoms with Crippen LogP contribution in [-0.2, 0) is 0 Å². The zero-order valence-electron chi connectivity index (χ0n) is 44.7. The fourth-order valence-corrected chi connectivity index (χ4v) is 4.61. The van der Waals surface area contributed by atoms with Crippen molar-refractivity contribution in [2.75, 3.05) is 0 Å². The van der Waals surface area contributed by atoms with Gasteiger partial charge in [0, 0.05) is 38.2 Å². The van der Waals surface area contributed by atoms with E-state index in [1.165, 1.54) is 0 Å². The highest BCUT2D eigenvalue weighted by molar-refractivity contribution is 6.12. The van der Waals surface area contributed by atoms with Crippen molar-refractivity contribution >= 4 is 43.9 Å². The van der Waals surface area contributed by atoms with Gasteiger partial charge in [0.25, 0.3) is 0 Å². The second-order valence-electron chi connectivity index (χ2n) is 9.08. The standard InChI is InChI=1S/C39H23N3O2/c1-2-10-24(11-3-1)25-12-8-13-26(22-25)37-40-38(27-20-21-34-31(23-27)28-14-4-6-17-32(28)43-34)42-39(41-37)30-16-9-19-35-36(30)29-15-5-7-18-33(29)44-35/h1-23H/i1D,2D,3D,4D,5D,6D,7D,8D,9D,10D,11D,12D,13D,14D,15D,16D,17D,18D,19D,20D,21D,22D,23D. The minimum Gasteiger partial charge on any atom is -0.456 e. The molecular formula is C39H23N3O2. The van der Waals surface area contributed by atoms with Crippen LogP contribution in [0.3, 0.4) is 0 Å². The number of rotatable bonds is 4. The van der Waals surface area contributed by atoms with Gasteiger partial charge >= 0.3 is 0 Å². The van der Waals surface area contributed by atoms with Crippen molar-refractivity contribution in [1.82, 2.24) is 15.0 Å². The molecule has 5 heteroatoms. The maximum atomic E-state index is 9.44. The monoisotopic (exact) mass is 588 g/mol. The number of benzene rings is 6. The number of hydrogen-bond acceptors (Lipinski definition) is 5. The lowest BCUT2D eigenvalue weighted by atomic mass is 10.0. The molecule has 9 rings (SSSR count). The summed E-state index contributed by atoms with van der Waals surface area (Å²) >= 11 is 0. The van der Waals surface area contributed by atoms with Crippen LogP contribution in [0.15, 0.2) is 148 Å². The number of fused-ring (bicyclic) bond motifs is 6. The molecule has 44 heavy (non-hydrogen) atoms. The van der Waals surface area contributed by atoms with Crippen molar-refractivity contribution in [2.45, 2.75) is 0 Å². The predicted molar refractivity (Wildman–Crippen MR) is 176 cm³/mol. The van der Waals surface area contributed by atoms with E-state index >= 15 is 0 Å². The minimum atomic E-state index is -0.972. The summed E-state index contributed by atoms with van der Waals surface area (Å²) in [7, 11) is 0. The quantitative estimate of drug-likeness (QED) is 0.205. The molecule has 3 heterocycles. The van der Waals surface area contributed by atoms with E-state index in [1.807, 2.05) is 0 Å². The van der Waals surface area contributed by atoms with E-state index in [4.69, 9.17) is 37.6 Å². The van der Waals surface area contributed by atoms with Crippen molar-refractivity contribution in [3.63, 3.8) is 0 Å². The van der Waals surface area contributed by atoms with Crippen LogP contribution < -0.4 is 0 Å². The Balaban J connectivity index is 1.50. The van der Waals surface area contributed by atoms with Gasteiger partial charge in [0.05, 0.1) is 31.5 Å². The molecule has 5 nitrogen and oxygen atoms in total. The molecule has 0 fully saturated rings. The zero-order valence-corrected chi connectivity index (χ0v) is 21.7. The topological polar surface area (TPSA) is 65.0 Å². The number of nitrogens with zero attached hydrogens (tertiary/aromatic N) is 3. The molecule has 3 aromatic heterocycles. The molecule has 0 spiro atoms. The van der Waals surface area contributed by atoms with Crippen LogP contribution in [0.2, 0.25) is 0 Å². The Kier molecular flexibility index (Phi) is 2.41. The lowest BCUT2D eigenvalue weighted by Crippen LogP contribution is -2.00. The normalized spacial score (nSPS) is 19.0. The molecule has 0 radical (unpaired) electrons. The van der Waals surface area contributed by atoms with E-state index in [2.05, 4.69) is 15.0 Å². The van der Waals surface area contributed by atoms with Crippen molar-refractivity contribution < 1.29 is 40.4 Å². The summed E-state index contributed by atoms with van der Waals surface area (Å²) in [4.78, 5) is 13.2. The second kappa shape index (κ2) is 9.75. The van der Waals surface area contributed by atoms with E-state index in [0.717, 1.165) is 0 Å². The van der Waals surface area contributed by atoms with Gasteiger partial charge in [0.2, 0.25) is 0 Å². The third-order valence-corrected chi connectivity index (χ3v) is 6.51. The average Bonchev–Trinajstić information content (AvgIpc) is 3.90. The highest BCUT2D eigenvalue weighted by atomic mass is 16.3. The fraction of sp³-hybridized carbons (Fsp3) is 0. The predicted octanol–water partition coefficient (Wildman–Crippen LogP) is 10.3. The van der Waals surface area contributed by atoms with Crippen LogP contribution in [0.4, 0.5) is 0 Å². The molecule has 0 aliphatic carbocycles. The Bertz CT molecular complexity index is 3780. The summed E-state index contributed by atoms with van der Waals surface area (Å²) in [5, 5.41) is -1.60. The lowest BCUT2D eigenvalue weighted by molar-refractivity contribution is 0.668. The molecule has 0 N–H and O–H groups in total. The first kappa shape index (κ1) is 10.9. The molecule has 0 saturated carbocycles. The van der Waals surface area contributed by atoms with Gasteiger partial charge in [0.15, 0.2) is 17.5 Å². The van der Waals surface area contributed by atoms with Crippen LogP contribution in [0.25, 0.3) is 89.2 Å². The molecule has 6 aromatic carbocycles. The van der Waals surface area contributed by atoms with E-state index in [1.54, 1.807) is 0 Å². The number of furan rings is 2. The first-order chi connectivity index (χ1) is 31.4. The Morgan fingerprint density at radius 3 is 1.80 bits per heavy atom. The van der Waals surface area contributed by atoms with Crippen LogP contribution >= 0.6 is 0 Å². The average molecular weight is 589 g/mol. The van der Waals surface area contributed by atoms with E-state index in [9.17, 15) is 2.74 Å². The summed E-state index contributed by atoms with van der Waals surface area (Å²) < 4.78 is 211. The summed E-state index contributed by atoms with van der Waals surface area (Å²) in [6.07, 6.45) is 0. The van der Waals surface area contributed by atoms with Crippen LogP contribution in [-0.4, -0.2) is 15.0 Å². The Morgan fingerprint density at radius 1 is 0.386 bits per heavy atom. The SMILES string of the molecule is [2H]c1c([2H])c([2H])c(-c2c([2H])c([2H])c([2H])c(-c3nc(-c4c([2H])c([2H])c5oc6c([2H])c([2H])c([2H])c([2H])c6c5c4[2H])nc(-c4c([2H])c([2H])c([2H])c5oc6c([2H])c([2H])c([2H])c([2H])c6c45)n3)c2[2H])c([2H])c1[2H]. The minimum absolute atomic E-state index is 0.371. The van der Waals surface area contributed by atoms with Gasteiger partial charge < -0.3 is 8.83 Å². The molecule has 9 aromatic rings. The fourth-order valence-electron chi connectivity index (χ4n) is 4.61.